The van der Waals surface area contributed by atoms with Crippen LogP contribution in [0.3, 0.4) is 0 Å². The average Bonchev–Trinajstić information content (AvgIpc) is 2.94. The molecule has 0 saturated carbocycles. The molecule has 0 radical (unpaired) electrons. The van der Waals surface area contributed by atoms with E-state index in [1.54, 1.807) is 44.2 Å². The lowest BCUT2D eigenvalue weighted by molar-refractivity contribution is -0.147. The Kier molecular flexibility index (Phi) is 7.80. The summed E-state index contributed by atoms with van der Waals surface area (Å²) in [5.74, 6) is -2.38. The number of carboxylic acid groups (broad SMARTS) is 2. The molecule has 1 aromatic rings. The Labute approximate surface area is 178 Å². The van der Waals surface area contributed by atoms with Crippen LogP contribution in [0.1, 0.15) is 39.2 Å². The van der Waals surface area contributed by atoms with Crippen molar-refractivity contribution in [2.45, 2.75) is 45.8 Å². The SMILES string of the molecule is CCC(Oc1ccc(/C=C2\SC(=S)N(C(C(=O)O)C(C)CC)C2=O)cc1)C(=O)O. The van der Waals surface area contributed by atoms with Crippen molar-refractivity contribution in [2.24, 2.45) is 5.92 Å². The number of nitrogens with zero attached hydrogens (tertiary/aromatic N) is 1. The number of hydrogen-bond donors (Lipinski definition) is 2. The van der Waals surface area contributed by atoms with E-state index < -0.39 is 30.0 Å². The standard InChI is InChI=1S/C20H23NO6S2/c1-4-11(3)16(19(25)26)21-17(22)15(29-20(21)28)10-12-6-8-13(9-7-12)27-14(5-2)18(23)24/h6-11,14,16H,4-5H2,1-3H3,(H,23,24)(H,25,26)/b15-10-. The number of thiocarbonyl (C=S) groups is 1. The highest BCUT2D eigenvalue weighted by molar-refractivity contribution is 8.26. The van der Waals surface area contributed by atoms with Gasteiger partial charge >= 0.3 is 11.9 Å². The summed E-state index contributed by atoms with van der Waals surface area (Å²) in [4.78, 5) is 37.1. The Bertz CT molecular complexity index is 836. The molecule has 1 aliphatic heterocycles. The third-order valence-electron chi connectivity index (χ3n) is 4.64. The fraction of sp³-hybridized carbons (Fsp3) is 0.400. The van der Waals surface area contributed by atoms with Crippen molar-refractivity contribution in [3.05, 3.63) is 34.7 Å². The van der Waals surface area contributed by atoms with Crippen LogP contribution in [-0.2, 0) is 14.4 Å². The Morgan fingerprint density at radius 1 is 1.17 bits per heavy atom. The number of carbonyl (C=O) groups is 3. The van der Waals surface area contributed by atoms with E-state index in [-0.39, 0.29) is 10.2 Å². The van der Waals surface area contributed by atoms with Crippen molar-refractivity contribution in [1.82, 2.24) is 4.90 Å². The quantitative estimate of drug-likeness (QED) is 0.446. The molecule has 1 aliphatic rings. The van der Waals surface area contributed by atoms with Gasteiger partial charge in [-0.3, -0.25) is 9.69 Å². The molecule has 156 valence electrons. The summed E-state index contributed by atoms with van der Waals surface area (Å²) in [5, 5.41) is 18.6. The van der Waals surface area contributed by atoms with Crippen LogP contribution in [0.15, 0.2) is 29.2 Å². The second-order valence-corrected chi connectivity index (χ2v) is 8.32. The molecule has 1 aromatic carbocycles. The second-order valence-electron chi connectivity index (χ2n) is 6.64. The maximum absolute atomic E-state index is 12.8. The highest BCUT2D eigenvalue weighted by atomic mass is 32.2. The summed E-state index contributed by atoms with van der Waals surface area (Å²) in [5.41, 5.74) is 0.691. The van der Waals surface area contributed by atoms with Crippen LogP contribution in [0.25, 0.3) is 6.08 Å². The summed E-state index contributed by atoms with van der Waals surface area (Å²) in [6, 6.07) is 5.63. The minimum Gasteiger partial charge on any atom is -0.480 e. The zero-order chi connectivity index (χ0) is 21.7. The third kappa shape index (κ3) is 5.36. The number of thioether (sulfide) groups is 1. The molecule has 1 saturated heterocycles. The van der Waals surface area contributed by atoms with Gasteiger partial charge in [0.05, 0.1) is 4.91 Å². The Morgan fingerprint density at radius 2 is 1.79 bits per heavy atom. The van der Waals surface area contributed by atoms with E-state index in [0.29, 0.717) is 29.1 Å². The van der Waals surface area contributed by atoms with E-state index >= 15 is 0 Å². The Hall–Kier alpha value is -2.39. The van der Waals surface area contributed by atoms with Crippen molar-refractivity contribution < 1.29 is 29.3 Å². The van der Waals surface area contributed by atoms with E-state index in [9.17, 15) is 19.5 Å². The number of benzene rings is 1. The number of ether oxygens (including phenoxy) is 1. The number of aliphatic carboxylic acids is 2. The van der Waals surface area contributed by atoms with Crippen LogP contribution in [0.2, 0.25) is 0 Å². The molecule has 2 rings (SSSR count). The molecule has 9 heteroatoms. The van der Waals surface area contributed by atoms with Crippen LogP contribution in [0.4, 0.5) is 0 Å². The molecular formula is C20H23NO6S2. The van der Waals surface area contributed by atoms with Gasteiger partial charge in [-0.15, -0.1) is 0 Å². The predicted octanol–water partition coefficient (Wildman–Crippen LogP) is 3.63. The smallest absolute Gasteiger partial charge is 0.344 e. The van der Waals surface area contributed by atoms with Gasteiger partial charge in [-0.1, -0.05) is 63.3 Å². The fourth-order valence-electron chi connectivity index (χ4n) is 2.82. The van der Waals surface area contributed by atoms with Crippen LogP contribution < -0.4 is 4.74 Å². The van der Waals surface area contributed by atoms with Gasteiger partial charge in [-0.05, 0) is 36.1 Å². The maximum Gasteiger partial charge on any atom is 0.344 e. The van der Waals surface area contributed by atoms with Crippen molar-refractivity contribution in [3.63, 3.8) is 0 Å². The molecule has 1 amide bonds. The van der Waals surface area contributed by atoms with E-state index in [2.05, 4.69) is 0 Å². The normalized spacial score (nSPS) is 18.6. The molecule has 0 spiro atoms. The molecular weight excluding hydrogens is 414 g/mol. The summed E-state index contributed by atoms with van der Waals surface area (Å²) in [7, 11) is 0. The highest BCUT2D eigenvalue weighted by Gasteiger charge is 2.42. The molecule has 29 heavy (non-hydrogen) atoms. The molecule has 3 atom stereocenters. The third-order valence-corrected chi connectivity index (χ3v) is 5.97. The largest absolute Gasteiger partial charge is 0.480 e. The zero-order valence-electron chi connectivity index (χ0n) is 16.3. The minimum absolute atomic E-state index is 0.223. The first-order valence-electron chi connectivity index (χ1n) is 9.18. The van der Waals surface area contributed by atoms with Crippen LogP contribution >= 0.6 is 24.0 Å². The minimum atomic E-state index is -1.08. The first-order valence-corrected chi connectivity index (χ1v) is 10.4. The number of amides is 1. The molecule has 0 aromatic heterocycles. The number of carboxylic acids is 2. The first kappa shape index (κ1) is 22.9. The molecule has 0 aliphatic carbocycles. The lowest BCUT2D eigenvalue weighted by atomic mass is 9.98. The van der Waals surface area contributed by atoms with Crippen LogP contribution in [0.5, 0.6) is 5.75 Å². The molecule has 1 fully saturated rings. The van der Waals surface area contributed by atoms with E-state index in [4.69, 9.17) is 22.1 Å². The van der Waals surface area contributed by atoms with Crippen molar-refractivity contribution in [3.8, 4) is 5.75 Å². The molecule has 3 unspecified atom stereocenters. The summed E-state index contributed by atoms with van der Waals surface area (Å²) < 4.78 is 5.64. The van der Waals surface area contributed by atoms with Gasteiger partial charge in [0.15, 0.2) is 6.10 Å². The molecule has 7 nitrogen and oxygen atoms in total. The Balaban J connectivity index is 2.20. The second kappa shape index (κ2) is 9.89. The topological polar surface area (TPSA) is 104 Å². The number of carbonyl (C=O) groups excluding carboxylic acids is 1. The van der Waals surface area contributed by atoms with Gasteiger partial charge in [0, 0.05) is 0 Å². The van der Waals surface area contributed by atoms with E-state index in [1.165, 1.54) is 4.90 Å². The maximum atomic E-state index is 12.8. The molecule has 1 heterocycles. The van der Waals surface area contributed by atoms with Gasteiger partial charge in [0.1, 0.15) is 16.1 Å². The lowest BCUT2D eigenvalue weighted by Gasteiger charge is -2.27. The summed E-state index contributed by atoms with van der Waals surface area (Å²) in [6.45, 7) is 5.37. The lowest BCUT2D eigenvalue weighted by Crippen LogP contribution is -2.47. The van der Waals surface area contributed by atoms with Gasteiger partial charge in [0.2, 0.25) is 0 Å². The number of rotatable bonds is 9. The monoisotopic (exact) mass is 437 g/mol. The van der Waals surface area contributed by atoms with Crippen LogP contribution in [0, 0.1) is 5.92 Å². The van der Waals surface area contributed by atoms with Crippen molar-refractivity contribution >= 4 is 52.2 Å². The van der Waals surface area contributed by atoms with Crippen molar-refractivity contribution in [2.75, 3.05) is 0 Å². The summed E-state index contributed by atoms with van der Waals surface area (Å²) >= 11 is 6.34. The van der Waals surface area contributed by atoms with Gasteiger partial charge in [-0.2, -0.15) is 0 Å². The van der Waals surface area contributed by atoms with E-state index in [0.717, 1.165) is 11.8 Å². The van der Waals surface area contributed by atoms with Crippen LogP contribution in [-0.4, -0.2) is 49.4 Å². The van der Waals surface area contributed by atoms with Gasteiger partial charge in [-0.25, -0.2) is 9.59 Å². The predicted molar refractivity (Wildman–Crippen MR) is 115 cm³/mol. The highest BCUT2D eigenvalue weighted by Crippen LogP contribution is 2.36. The molecule has 0 bridgehead atoms. The Morgan fingerprint density at radius 3 is 2.28 bits per heavy atom. The number of hydrogen-bond acceptors (Lipinski definition) is 6. The zero-order valence-corrected chi connectivity index (χ0v) is 18.0. The fourth-order valence-corrected chi connectivity index (χ4v) is 4.15. The summed E-state index contributed by atoms with van der Waals surface area (Å²) in [6.07, 6.45) is 1.64. The van der Waals surface area contributed by atoms with Gasteiger partial charge in [0.25, 0.3) is 5.91 Å². The van der Waals surface area contributed by atoms with Crippen molar-refractivity contribution in [1.29, 1.82) is 0 Å². The van der Waals surface area contributed by atoms with Gasteiger partial charge < -0.3 is 14.9 Å². The first-order chi connectivity index (χ1) is 13.7. The average molecular weight is 438 g/mol. The molecule has 2 N–H and O–H groups in total. The van der Waals surface area contributed by atoms with E-state index in [1.807, 2.05) is 6.92 Å².